The van der Waals surface area contributed by atoms with Crippen molar-refractivity contribution in [1.29, 1.82) is 0 Å². The molecule has 1 N–H and O–H groups in total. The SMILES string of the molecule is Fc1ccc(NCc2cc(Br)ccc2OC(F)F)cc1. The van der Waals surface area contributed by atoms with Gasteiger partial charge in [0.25, 0.3) is 0 Å². The summed E-state index contributed by atoms with van der Waals surface area (Å²) in [6.45, 7) is -2.59. The molecule has 0 bridgehead atoms. The molecule has 20 heavy (non-hydrogen) atoms. The number of alkyl halides is 2. The Morgan fingerprint density at radius 1 is 1.10 bits per heavy atom. The highest BCUT2D eigenvalue weighted by Gasteiger charge is 2.10. The van der Waals surface area contributed by atoms with Gasteiger partial charge < -0.3 is 10.1 Å². The van der Waals surface area contributed by atoms with E-state index < -0.39 is 6.61 Å². The lowest BCUT2D eigenvalue weighted by atomic mass is 10.2. The van der Waals surface area contributed by atoms with Crippen LogP contribution in [0.15, 0.2) is 46.9 Å². The van der Waals surface area contributed by atoms with Gasteiger partial charge >= 0.3 is 6.61 Å². The standard InChI is InChI=1S/C14H11BrF3NO/c15-10-1-6-13(20-14(17)18)9(7-10)8-19-12-4-2-11(16)3-5-12/h1-7,14,19H,8H2. The third kappa shape index (κ3) is 4.16. The maximum Gasteiger partial charge on any atom is 0.387 e. The number of rotatable bonds is 5. The summed E-state index contributed by atoms with van der Waals surface area (Å²) in [6.07, 6.45) is 0. The fourth-order valence-electron chi connectivity index (χ4n) is 1.66. The normalized spacial score (nSPS) is 10.7. The summed E-state index contributed by atoms with van der Waals surface area (Å²) in [4.78, 5) is 0. The highest BCUT2D eigenvalue weighted by Crippen LogP contribution is 2.25. The van der Waals surface area contributed by atoms with Crippen LogP contribution in [0.25, 0.3) is 0 Å². The molecule has 0 atom stereocenters. The molecule has 0 aliphatic heterocycles. The summed E-state index contributed by atoms with van der Waals surface area (Å²) in [5, 5.41) is 3.02. The van der Waals surface area contributed by atoms with E-state index in [4.69, 9.17) is 0 Å². The number of benzene rings is 2. The molecule has 0 unspecified atom stereocenters. The lowest BCUT2D eigenvalue weighted by molar-refractivity contribution is -0.0504. The summed E-state index contributed by atoms with van der Waals surface area (Å²) in [5.74, 6) is -0.225. The van der Waals surface area contributed by atoms with Crippen molar-refractivity contribution >= 4 is 21.6 Å². The van der Waals surface area contributed by atoms with E-state index in [9.17, 15) is 13.2 Å². The van der Waals surface area contributed by atoms with E-state index in [1.54, 1.807) is 24.3 Å². The lowest BCUT2D eigenvalue weighted by Gasteiger charge is -2.12. The van der Waals surface area contributed by atoms with E-state index >= 15 is 0 Å². The minimum Gasteiger partial charge on any atom is -0.434 e. The van der Waals surface area contributed by atoms with Crippen LogP contribution in [0.1, 0.15) is 5.56 Å². The Bertz CT molecular complexity index is 575. The van der Waals surface area contributed by atoms with Crippen LogP contribution in [-0.4, -0.2) is 6.61 Å². The Morgan fingerprint density at radius 2 is 1.80 bits per heavy atom. The summed E-state index contributed by atoms with van der Waals surface area (Å²) in [5.41, 5.74) is 1.26. The molecule has 2 rings (SSSR count). The number of halogens is 4. The van der Waals surface area contributed by atoms with Crippen molar-refractivity contribution in [3.8, 4) is 5.75 Å². The van der Waals surface area contributed by atoms with Crippen LogP contribution in [-0.2, 0) is 6.54 Å². The number of hydrogen-bond donors (Lipinski definition) is 1. The molecule has 2 aromatic rings. The molecule has 6 heteroatoms. The first-order chi connectivity index (χ1) is 9.54. The first kappa shape index (κ1) is 14.7. The molecule has 0 radical (unpaired) electrons. The van der Waals surface area contributed by atoms with Gasteiger partial charge in [0, 0.05) is 22.3 Å². The van der Waals surface area contributed by atoms with E-state index in [1.807, 2.05) is 0 Å². The first-order valence-corrected chi connectivity index (χ1v) is 6.56. The Balaban J connectivity index is 2.11. The number of hydrogen-bond acceptors (Lipinski definition) is 2. The van der Waals surface area contributed by atoms with Gasteiger partial charge in [-0.2, -0.15) is 8.78 Å². The molecule has 0 fully saturated rings. The van der Waals surface area contributed by atoms with Crippen molar-refractivity contribution in [3.05, 3.63) is 58.3 Å². The fraction of sp³-hybridized carbons (Fsp3) is 0.143. The molecule has 0 spiro atoms. The molecule has 0 saturated heterocycles. The molecule has 0 heterocycles. The molecule has 0 amide bonds. The van der Waals surface area contributed by atoms with E-state index in [0.717, 1.165) is 4.47 Å². The monoisotopic (exact) mass is 345 g/mol. The van der Waals surface area contributed by atoms with Crippen molar-refractivity contribution in [2.75, 3.05) is 5.32 Å². The third-order valence-corrected chi connectivity index (χ3v) is 3.06. The van der Waals surface area contributed by atoms with Crippen LogP contribution in [0, 0.1) is 5.82 Å². The highest BCUT2D eigenvalue weighted by molar-refractivity contribution is 9.10. The van der Waals surface area contributed by atoms with Crippen LogP contribution in [0.4, 0.5) is 18.9 Å². The fourth-order valence-corrected chi connectivity index (χ4v) is 2.07. The largest absolute Gasteiger partial charge is 0.434 e. The molecule has 2 nitrogen and oxygen atoms in total. The zero-order chi connectivity index (χ0) is 14.5. The van der Waals surface area contributed by atoms with Gasteiger partial charge in [0.15, 0.2) is 0 Å². The summed E-state index contributed by atoms with van der Waals surface area (Å²) in [7, 11) is 0. The van der Waals surface area contributed by atoms with Gasteiger partial charge in [-0.1, -0.05) is 15.9 Å². The van der Waals surface area contributed by atoms with Gasteiger partial charge in [-0.25, -0.2) is 4.39 Å². The Labute approximate surface area is 122 Å². The van der Waals surface area contributed by atoms with E-state index in [-0.39, 0.29) is 18.1 Å². The summed E-state index contributed by atoms with van der Waals surface area (Å²) < 4.78 is 42.6. The van der Waals surface area contributed by atoms with Crippen molar-refractivity contribution in [2.45, 2.75) is 13.2 Å². The number of anilines is 1. The quantitative estimate of drug-likeness (QED) is 0.840. The van der Waals surface area contributed by atoms with E-state index in [0.29, 0.717) is 11.3 Å². The van der Waals surface area contributed by atoms with Gasteiger partial charge in [-0.15, -0.1) is 0 Å². The van der Waals surface area contributed by atoms with Crippen molar-refractivity contribution in [1.82, 2.24) is 0 Å². The molecule has 0 aromatic heterocycles. The topological polar surface area (TPSA) is 21.3 Å². The maximum atomic E-state index is 12.8. The highest BCUT2D eigenvalue weighted by atomic mass is 79.9. The van der Waals surface area contributed by atoms with Gasteiger partial charge in [-0.3, -0.25) is 0 Å². The summed E-state index contributed by atoms with van der Waals surface area (Å²) in [6, 6.07) is 10.6. The molecular weight excluding hydrogens is 335 g/mol. The zero-order valence-corrected chi connectivity index (χ0v) is 11.8. The van der Waals surface area contributed by atoms with Crippen LogP contribution in [0.5, 0.6) is 5.75 Å². The van der Waals surface area contributed by atoms with Crippen LogP contribution >= 0.6 is 15.9 Å². The Morgan fingerprint density at radius 3 is 2.45 bits per heavy atom. The Hall–Kier alpha value is -1.69. The molecule has 106 valence electrons. The number of ether oxygens (including phenoxy) is 1. The molecule has 0 saturated carbocycles. The smallest absolute Gasteiger partial charge is 0.387 e. The zero-order valence-electron chi connectivity index (χ0n) is 10.2. The maximum absolute atomic E-state index is 12.8. The molecular formula is C14H11BrF3NO. The third-order valence-electron chi connectivity index (χ3n) is 2.57. The van der Waals surface area contributed by atoms with Crippen LogP contribution in [0.2, 0.25) is 0 Å². The summed E-state index contributed by atoms with van der Waals surface area (Å²) >= 11 is 3.28. The van der Waals surface area contributed by atoms with E-state index in [1.165, 1.54) is 18.2 Å². The Kier molecular flexibility index (Phi) is 4.89. The second-order valence-corrected chi connectivity index (χ2v) is 4.91. The number of nitrogens with one attached hydrogen (secondary N) is 1. The minimum atomic E-state index is -2.87. The van der Waals surface area contributed by atoms with Crippen molar-refractivity contribution in [3.63, 3.8) is 0 Å². The average Bonchev–Trinajstić information content (AvgIpc) is 2.40. The molecule has 0 aliphatic rings. The molecule has 2 aromatic carbocycles. The molecule has 0 aliphatic carbocycles. The van der Waals surface area contributed by atoms with Crippen molar-refractivity contribution < 1.29 is 17.9 Å². The van der Waals surface area contributed by atoms with E-state index in [2.05, 4.69) is 26.0 Å². The van der Waals surface area contributed by atoms with Crippen molar-refractivity contribution in [2.24, 2.45) is 0 Å². The average molecular weight is 346 g/mol. The lowest BCUT2D eigenvalue weighted by Crippen LogP contribution is -2.07. The first-order valence-electron chi connectivity index (χ1n) is 5.77. The minimum absolute atomic E-state index is 0.109. The predicted molar refractivity (Wildman–Crippen MR) is 74.5 cm³/mol. The van der Waals surface area contributed by atoms with Gasteiger partial charge in [0.1, 0.15) is 11.6 Å². The van der Waals surface area contributed by atoms with Crippen LogP contribution < -0.4 is 10.1 Å². The van der Waals surface area contributed by atoms with Gasteiger partial charge in [-0.05, 0) is 42.5 Å². The predicted octanol–water partition coefficient (Wildman–Crippen LogP) is 4.80. The van der Waals surface area contributed by atoms with Crippen LogP contribution in [0.3, 0.4) is 0 Å². The second kappa shape index (κ2) is 6.65. The second-order valence-electron chi connectivity index (χ2n) is 3.99. The van der Waals surface area contributed by atoms with Gasteiger partial charge in [0.2, 0.25) is 0 Å². The van der Waals surface area contributed by atoms with Gasteiger partial charge in [0.05, 0.1) is 0 Å².